The zero-order chi connectivity index (χ0) is 29.4. The highest BCUT2D eigenvalue weighted by Gasteiger charge is 2.41. The summed E-state index contributed by atoms with van der Waals surface area (Å²) in [5.74, 6) is 0.925. The number of carbonyl (C=O) groups is 3. The van der Waals surface area contributed by atoms with Crippen molar-refractivity contribution in [3.05, 3.63) is 72.3 Å². The molecule has 9 nitrogen and oxygen atoms in total. The Balaban J connectivity index is 1.31. The van der Waals surface area contributed by atoms with Crippen LogP contribution in [-0.4, -0.2) is 74.7 Å². The van der Waals surface area contributed by atoms with Gasteiger partial charge in [-0.3, -0.25) is 14.4 Å². The fourth-order valence-electron chi connectivity index (χ4n) is 6.13. The molecule has 9 heteroatoms. The number of carbonyl (C=O) groups excluding carboxylic acids is 3. The normalized spacial score (nSPS) is 25.2. The second-order valence-corrected chi connectivity index (χ2v) is 11.5. The Hall–Kier alpha value is -3.85. The average molecular weight is 576 g/mol. The molecule has 0 aliphatic carbocycles. The highest BCUT2D eigenvalue weighted by atomic mass is 16.5. The van der Waals surface area contributed by atoms with Crippen LogP contribution in [-0.2, 0) is 25.5 Å². The first-order chi connectivity index (χ1) is 20.5. The van der Waals surface area contributed by atoms with Gasteiger partial charge in [0.15, 0.2) is 6.61 Å². The van der Waals surface area contributed by atoms with Gasteiger partial charge in [0.05, 0.1) is 12.5 Å². The number of hydrogen-bond acceptors (Lipinski definition) is 6. The minimum atomic E-state index is -0.695. The van der Waals surface area contributed by atoms with Crippen LogP contribution >= 0.6 is 0 Å². The Morgan fingerprint density at radius 3 is 2.60 bits per heavy atom. The van der Waals surface area contributed by atoms with E-state index >= 15 is 0 Å². The first-order valence-electron chi connectivity index (χ1n) is 14.9. The zero-order valence-electron chi connectivity index (χ0n) is 24.3. The molecular formula is C33H41N3O6. The number of rotatable bonds is 6. The van der Waals surface area contributed by atoms with E-state index in [4.69, 9.17) is 14.2 Å². The summed E-state index contributed by atoms with van der Waals surface area (Å²) >= 11 is 0. The molecule has 2 N–H and O–H groups in total. The second-order valence-electron chi connectivity index (χ2n) is 11.5. The minimum absolute atomic E-state index is 0.0397. The van der Waals surface area contributed by atoms with Gasteiger partial charge in [-0.2, -0.15) is 0 Å². The number of fused-ring (bicyclic) bond motifs is 1. The maximum absolute atomic E-state index is 13.8. The van der Waals surface area contributed by atoms with Crippen LogP contribution < -0.4 is 20.1 Å². The van der Waals surface area contributed by atoms with Crippen molar-refractivity contribution in [1.29, 1.82) is 0 Å². The van der Waals surface area contributed by atoms with Crippen LogP contribution in [0.25, 0.3) is 0 Å². The topological polar surface area (TPSA) is 106 Å². The van der Waals surface area contributed by atoms with E-state index in [9.17, 15) is 14.4 Å². The summed E-state index contributed by atoms with van der Waals surface area (Å²) in [5.41, 5.74) is 0.383. The van der Waals surface area contributed by atoms with E-state index in [1.165, 1.54) is 0 Å². The summed E-state index contributed by atoms with van der Waals surface area (Å²) < 4.78 is 16.6. The molecule has 0 saturated carbocycles. The van der Waals surface area contributed by atoms with E-state index in [1.54, 1.807) is 19.2 Å². The quantitative estimate of drug-likeness (QED) is 0.513. The number of likely N-dealkylation sites (tertiary alicyclic amines) is 1. The van der Waals surface area contributed by atoms with Crippen LogP contribution in [0.15, 0.2) is 66.7 Å². The number of piperidine rings is 1. The van der Waals surface area contributed by atoms with Crippen LogP contribution in [0.2, 0.25) is 0 Å². The minimum Gasteiger partial charge on any atom is -0.497 e. The van der Waals surface area contributed by atoms with E-state index in [2.05, 4.69) is 22.8 Å². The molecule has 5 rings (SSSR count). The van der Waals surface area contributed by atoms with E-state index in [0.29, 0.717) is 76.3 Å². The van der Waals surface area contributed by atoms with Crippen molar-refractivity contribution in [3.63, 3.8) is 0 Å². The zero-order valence-corrected chi connectivity index (χ0v) is 24.3. The summed E-state index contributed by atoms with van der Waals surface area (Å²) in [6, 6.07) is 16.2. The van der Waals surface area contributed by atoms with Crippen molar-refractivity contribution in [1.82, 2.24) is 15.5 Å². The predicted molar refractivity (Wildman–Crippen MR) is 158 cm³/mol. The summed E-state index contributed by atoms with van der Waals surface area (Å²) in [4.78, 5) is 42.4. The Kier molecular flexibility index (Phi) is 9.79. The van der Waals surface area contributed by atoms with Gasteiger partial charge in [-0.25, -0.2) is 0 Å². The SMILES string of the molecule is COc1cccc(OCC(=O)N2CC[C@@H]3NC(=O)[C@@H](Cc4ccccc4)NC(=O)C4(C/C=C/C[C@@H]3C2)CCOCC4)c1. The molecule has 2 fully saturated rings. The van der Waals surface area contributed by atoms with E-state index in [0.717, 1.165) is 5.56 Å². The van der Waals surface area contributed by atoms with Gasteiger partial charge < -0.3 is 29.7 Å². The predicted octanol–water partition coefficient (Wildman–Crippen LogP) is 3.28. The number of allylic oxidation sites excluding steroid dienone is 2. The molecule has 0 radical (unpaired) electrons. The maximum atomic E-state index is 13.8. The molecule has 3 aliphatic heterocycles. The molecule has 224 valence electrons. The smallest absolute Gasteiger partial charge is 0.260 e. The van der Waals surface area contributed by atoms with E-state index in [-0.39, 0.29) is 36.3 Å². The van der Waals surface area contributed by atoms with Crippen molar-refractivity contribution in [2.75, 3.05) is 40.0 Å². The summed E-state index contributed by atoms with van der Waals surface area (Å²) in [6.07, 6.45) is 7.77. The van der Waals surface area contributed by atoms with Crippen LogP contribution in [0.5, 0.6) is 11.5 Å². The highest BCUT2D eigenvalue weighted by molar-refractivity contribution is 5.90. The monoisotopic (exact) mass is 575 g/mol. The molecule has 3 heterocycles. The van der Waals surface area contributed by atoms with E-state index < -0.39 is 11.5 Å². The van der Waals surface area contributed by atoms with Crippen LogP contribution in [0.1, 0.15) is 37.7 Å². The third-order valence-electron chi connectivity index (χ3n) is 8.77. The lowest BCUT2D eigenvalue weighted by Crippen LogP contribution is -2.58. The average Bonchev–Trinajstić information content (AvgIpc) is 3.02. The van der Waals surface area contributed by atoms with Crippen molar-refractivity contribution in [2.24, 2.45) is 11.3 Å². The fourth-order valence-corrected chi connectivity index (χ4v) is 6.13. The van der Waals surface area contributed by atoms with Gasteiger partial charge in [0.25, 0.3) is 5.91 Å². The first-order valence-corrected chi connectivity index (χ1v) is 14.9. The van der Waals surface area contributed by atoms with Gasteiger partial charge in [-0.05, 0) is 49.8 Å². The molecular weight excluding hydrogens is 534 g/mol. The van der Waals surface area contributed by atoms with E-state index in [1.807, 2.05) is 47.4 Å². The Morgan fingerprint density at radius 2 is 1.81 bits per heavy atom. The van der Waals surface area contributed by atoms with Gasteiger partial charge in [0.2, 0.25) is 11.8 Å². The van der Waals surface area contributed by atoms with Crippen LogP contribution in [0, 0.1) is 11.3 Å². The van der Waals surface area contributed by atoms with Crippen molar-refractivity contribution >= 4 is 17.7 Å². The van der Waals surface area contributed by atoms with Gasteiger partial charge in [-0.15, -0.1) is 0 Å². The van der Waals surface area contributed by atoms with Crippen LogP contribution in [0.3, 0.4) is 0 Å². The summed E-state index contributed by atoms with van der Waals surface area (Å²) in [5, 5.41) is 6.38. The number of nitrogens with one attached hydrogen (secondary N) is 2. The lowest BCUT2D eigenvalue weighted by molar-refractivity contribution is -0.140. The van der Waals surface area contributed by atoms with Crippen molar-refractivity contribution in [3.8, 4) is 11.5 Å². The van der Waals surface area contributed by atoms with Gasteiger partial charge >= 0.3 is 0 Å². The third-order valence-corrected chi connectivity index (χ3v) is 8.77. The molecule has 0 unspecified atom stereocenters. The van der Waals surface area contributed by atoms with Crippen LogP contribution in [0.4, 0.5) is 0 Å². The number of hydrogen-bond donors (Lipinski definition) is 2. The van der Waals surface area contributed by atoms with Crippen molar-refractivity contribution < 1.29 is 28.6 Å². The van der Waals surface area contributed by atoms with Gasteiger partial charge in [0, 0.05) is 50.8 Å². The maximum Gasteiger partial charge on any atom is 0.260 e. The number of nitrogens with zero attached hydrogens (tertiary/aromatic N) is 1. The number of ether oxygens (including phenoxy) is 3. The number of amides is 3. The molecule has 2 aromatic carbocycles. The fraction of sp³-hybridized carbons (Fsp3) is 0.485. The highest BCUT2D eigenvalue weighted by Crippen LogP contribution is 2.36. The third kappa shape index (κ3) is 7.31. The molecule has 3 atom stereocenters. The van der Waals surface area contributed by atoms with Gasteiger partial charge in [-0.1, -0.05) is 48.6 Å². The first kappa shape index (κ1) is 29.6. The summed E-state index contributed by atoms with van der Waals surface area (Å²) in [6.45, 7) is 2.02. The molecule has 3 amide bonds. The largest absolute Gasteiger partial charge is 0.497 e. The Morgan fingerprint density at radius 1 is 1.02 bits per heavy atom. The molecule has 42 heavy (non-hydrogen) atoms. The molecule has 2 aromatic rings. The number of methoxy groups -OCH3 is 1. The summed E-state index contributed by atoms with van der Waals surface area (Å²) in [7, 11) is 1.59. The molecule has 1 spiro atoms. The molecule has 0 aromatic heterocycles. The standard InChI is InChI=1S/C33H41N3O6/c1-40-26-11-7-12-27(21-26)42-23-30(37)36-17-13-28-25(22-36)10-5-6-14-33(15-18-41-19-16-33)32(39)35-29(31(38)34-28)20-24-8-3-2-4-9-24/h2-9,11-12,21,25,28-29H,10,13-20,22-23H2,1H3,(H,34,38)(H,35,39)/b6-5+/t25-,28+,29-/m1/s1. The van der Waals surface area contributed by atoms with Gasteiger partial charge in [0.1, 0.15) is 17.5 Å². The Labute approximate surface area is 247 Å². The molecule has 2 saturated heterocycles. The lowest BCUT2D eigenvalue weighted by Gasteiger charge is -2.40. The number of benzene rings is 2. The molecule has 0 bridgehead atoms. The molecule has 3 aliphatic rings. The van der Waals surface area contributed by atoms with Crippen molar-refractivity contribution in [2.45, 2.75) is 50.6 Å². The Bertz CT molecular complexity index is 1260. The second kappa shape index (κ2) is 13.9. The lowest BCUT2D eigenvalue weighted by atomic mass is 9.75.